The Labute approximate surface area is 115 Å². The number of aryl methyl sites for hydroxylation is 1. The van der Waals surface area contributed by atoms with Gasteiger partial charge in [-0.25, -0.2) is 0 Å². The molecule has 0 spiro atoms. The summed E-state index contributed by atoms with van der Waals surface area (Å²) in [5.74, 6) is 0.538. The molecule has 1 nitrogen and oxygen atoms in total. The van der Waals surface area contributed by atoms with Crippen LogP contribution >= 0.6 is 0 Å². The van der Waals surface area contributed by atoms with E-state index in [1.165, 1.54) is 40.6 Å². The minimum Gasteiger partial charge on any atom is -0.358 e. The molecular formula is C18H23N. The van der Waals surface area contributed by atoms with Crippen LogP contribution in [0.15, 0.2) is 35.9 Å². The summed E-state index contributed by atoms with van der Waals surface area (Å²) in [4.78, 5) is 3.65. The van der Waals surface area contributed by atoms with E-state index in [-0.39, 0.29) is 0 Å². The lowest BCUT2D eigenvalue weighted by molar-refractivity contribution is 0.300. The quantitative estimate of drug-likeness (QED) is 0.661. The first-order chi connectivity index (χ1) is 8.96. The third-order valence-corrected chi connectivity index (χ3v) is 4.39. The van der Waals surface area contributed by atoms with Gasteiger partial charge in [0.05, 0.1) is 0 Å². The first kappa shape index (κ1) is 12.5. The fourth-order valence-corrected chi connectivity index (χ4v) is 3.74. The Balaban J connectivity index is 2.09. The smallest absolute Gasteiger partial charge is 0.0459 e. The van der Waals surface area contributed by atoms with Gasteiger partial charge in [0.25, 0.3) is 0 Å². The average molecular weight is 253 g/mol. The molecule has 100 valence electrons. The van der Waals surface area contributed by atoms with E-state index in [0.717, 1.165) is 0 Å². The topological polar surface area (TPSA) is 15.8 Å². The van der Waals surface area contributed by atoms with E-state index < -0.39 is 0 Å². The van der Waals surface area contributed by atoms with Crippen molar-refractivity contribution in [1.82, 2.24) is 4.98 Å². The lowest BCUT2D eigenvalue weighted by Gasteiger charge is -2.33. The zero-order valence-electron chi connectivity index (χ0n) is 12.4. The summed E-state index contributed by atoms with van der Waals surface area (Å²) < 4.78 is 0. The number of aromatic nitrogens is 1. The van der Waals surface area contributed by atoms with Gasteiger partial charge in [0.1, 0.15) is 0 Å². The molecule has 1 aliphatic carbocycles. The van der Waals surface area contributed by atoms with Crippen LogP contribution in [0.5, 0.6) is 0 Å². The molecule has 1 aromatic heterocycles. The first-order valence-corrected chi connectivity index (χ1v) is 7.21. The van der Waals surface area contributed by atoms with Crippen LogP contribution in [-0.4, -0.2) is 4.98 Å². The second kappa shape index (κ2) is 4.26. The number of rotatable bonds is 1. The first-order valence-electron chi connectivity index (χ1n) is 7.21. The molecule has 0 saturated heterocycles. The van der Waals surface area contributed by atoms with Gasteiger partial charge in [-0.05, 0) is 43.7 Å². The van der Waals surface area contributed by atoms with Gasteiger partial charge in [0.2, 0.25) is 0 Å². The standard InChI is InChI=1S/C18H23N/c1-12-9-14(11-18(3,4)10-12)17-13(2)15-7-5-6-8-16(15)19-17/h5-9,14,19H,10-11H2,1-4H3. The Bertz CT molecular complexity index is 643. The maximum absolute atomic E-state index is 3.65. The van der Waals surface area contributed by atoms with Crippen LogP contribution in [0.4, 0.5) is 0 Å². The zero-order valence-corrected chi connectivity index (χ0v) is 12.4. The second-order valence-electron chi connectivity index (χ2n) is 6.87. The van der Waals surface area contributed by atoms with Gasteiger partial charge >= 0.3 is 0 Å². The molecule has 0 aliphatic heterocycles. The third-order valence-electron chi connectivity index (χ3n) is 4.39. The van der Waals surface area contributed by atoms with E-state index in [9.17, 15) is 0 Å². The molecule has 1 aliphatic rings. The van der Waals surface area contributed by atoms with Gasteiger partial charge in [-0.2, -0.15) is 0 Å². The molecule has 3 rings (SSSR count). The number of allylic oxidation sites excluding steroid dienone is 2. The fraction of sp³-hybridized carbons (Fsp3) is 0.444. The molecule has 19 heavy (non-hydrogen) atoms. The number of fused-ring (bicyclic) bond motifs is 1. The van der Waals surface area contributed by atoms with Crippen molar-refractivity contribution < 1.29 is 0 Å². The van der Waals surface area contributed by atoms with Crippen molar-refractivity contribution in [3.05, 3.63) is 47.2 Å². The van der Waals surface area contributed by atoms with Crippen molar-refractivity contribution in [1.29, 1.82) is 0 Å². The normalized spacial score (nSPS) is 22.5. The summed E-state index contributed by atoms with van der Waals surface area (Å²) in [6.07, 6.45) is 4.92. The number of H-pyrrole nitrogens is 1. The largest absolute Gasteiger partial charge is 0.358 e. The molecule has 1 N–H and O–H groups in total. The fourth-order valence-electron chi connectivity index (χ4n) is 3.74. The molecule has 1 heteroatoms. The van der Waals surface area contributed by atoms with Gasteiger partial charge in [-0.1, -0.05) is 43.7 Å². The van der Waals surface area contributed by atoms with Crippen molar-refractivity contribution in [3.63, 3.8) is 0 Å². The number of hydrogen-bond donors (Lipinski definition) is 1. The van der Waals surface area contributed by atoms with Gasteiger partial charge in [0.15, 0.2) is 0 Å². The summed E-state index contributed by atoms with van der Waals surface area (Å²) in [7, 11) is 0. The Morgan fingerprint density at radius 3 is 2.58 bits per heavy atom. The molecule has 1 heterocycles. The highest BCUT2D eigenvalue weighted by molar-refractivity contribution is 5.84. The van der Waals surface area contributed by atoms with Crippen molar-refractivity contribution in [2.45, 2.75) is 46.5 Å². The van der Waals surface area contributed by atoms with Crippen LogP contribution in [0.1, 0.15) is 50.8 Å². The maximum atomic E-state index is 3.65. The number of aromatic amines is 1. The van der Waals surface area contributed by atoms with E-state index in [2.05, 4.69) is 63.0 Å². The van der Waals surface area contributed by atoms with Crippen LogP contribution in [0.25, 0.3) is 10.9 Å². The third kappa shape index (κ3) is 2.22. The molecule has 1 aromatic carbocycles. The second-order valence-corrected chi connectivity index (χ2v) is 6.87. The molecule has 1 unspecified atom stereocenters. The van der Waals surface area contributed by atoms with Gasteiger partial charge in [-0.3, -0.25) is 0 Å². The lowest BCUT2D eigenvalue weighted by atomic mass is 9.72. The molecular weight excluding hydrogens is 230 g/mol. The van der Waals surface area contributed by atoms with E-state index in [1.54, 1.807) is 0 Å². The van der Waals surface area contributed by atoms with E-state index in [0.29, 0.717) is 11.3 Å². The highest BCUT2D eigenvalue weighted by atomic mass is 14.7. The Morgan fingerprint density at radius 1 is 1.16 bits per heavy atom. The zero-order chi connectivity index (χ0) is 13.6. The highest BCUT2D eigenvalue weighted by Crippen LogP contribution is 2.43. The summed E-state index contributed by atoms with van der Waals surface area (Å²) in [6.45, 7) is 9.29. The number of para-hydroxylation sites is 1. The summed E-state index contributed by atoms with van der Waals surface area (Å²) in [6, 6.07) is 8.62. The van der Waals surface area contributed by atoms with Gasteiger partial charge < -0.3 is 4.98 Å². The average Bonchev–Trinajstić information content (AvgIpc) is 2.65. The minimum absolute atomic E-state index is 0.410. The molecule has 0 fully saturated rings. The van der Waals surface area contributed by atoms with Gasteiger partial charge in [-0.15, -0.1) is 0 Å². The van der Waals surface area contributed by atoms with Crippen molar-refractivity contribution in [3.8, 4) is 0 Å². The van der Waals surface area contributed by atoms with Crippen molar-refractivity contribution >= 4 is 10.9 Å². The predicted octanol–water partition coefficient (Wildman–Crippen LogP) is 5.33. The van der Waals surface area contributed by atoms with Gasteiger partial charge in [0, 0.05) is 22.5 Å². The summed E-state index contributed by atoms with van der Waals surface area (Å²) in [5, 5.41) is 1.37. The van der Waals surface area contributed by atoms with E-state index in [1.807, 2.05) is 0 Å². The molecule has 2 aromatic rings. The molecule has 0 saturated carbocycles. The van der Waals surface area contributed by atoms with E-state index >= 15 is 0 Å². The Kier molecular flexibility index (Phi) is 2.81. The molecule has 0 amide bonds. The maximum Gasteiger partial charge on any atom is 0.0459 e. The van der Waals surface area contributed by atoms with E-state index in [4.69, 9.17) is 0 Å². The Morgan fingerprint density at radius 2 is 1.89 bits per heavy atom. The number of benzene rings is 1. The number of hydrogen-bond acceptors (Lipinski definition) is 0. The van der Waals surface area contributed by atoms with Crippen LogP contribution in [-0.2, 0) is 0 Å². The Hall–Kier alpha value is -1.50. The summed E-state index contributed by atoms with van der Waals surface area (Å²) in [5.41, 5.74) is 6.03. The number of nitrogens with one attached hydrogen (secondary N) is 1. The van der Waals surface area contributed by atoms with Crippen LogP contribution in [0.3, 0.4) is 0 Å². The van der Waals surface area contributed by atoms with Crippen molar-refractivity contribution in [2.75, 3.05) is 0 Å². The van der Waals surface area contributed by atoms with Crippen LogP contribution in [0, 0.1) is 12.3 Å². The predicted molar refractivity (Wildman–Crippen MR) is 82.5 cm³/mol. The monoisotopic (exact) mass is 253 g/mol. The van der Waals surface area contributed by atoms with Crippen LogP contribution < -0.4 is 0 Å². The molecule has 0 radical (unpaired) electrons. The summed E-state index contributed by atoms with van der Waals surface area (Å²) >= 11 is 0. The SMILES string of the molecule is CC1=CC(c2[nH]c3ccccc3c2C)CC(C)(C)C1. The highest BCUT2D eigenvalue weighted by Gasteiger charge is 2.29. The van der Waals surface area contributed by atoms with Crippen LogP contribution in [0.2, 0.25) is 0 Å². The molecule has 1 atom stereocenters. The molecule has 0 bridgehead atoms. The van der Waals surface area contributed by atoms with Crippen molar-refractivity contribution in [2.24, 2.45) is 5.41 Å². The minimum atomic E-state index is 0.410. The lowest BCUT2D eigenvalue weighted by Crippen LogP contribution is -2.20.